The molecule has 1 N–H and O–H groups in total. The van der Waals surface area contributed by atoms with Crippen LogP contribution in [-0.4, -0.2) is 26.4 Å². The minimum atomic E-state index is -0.928. The normalized spacial score (nSPS) is 18.6. The van der Waals surface area contributed by atoms with Gasteiger partial charge in [-0.3, -0.25) is 9.59 Å². The van der Waals surface area contributed by atoms with E-state index in [4.69, 9.17) is 0 Å². The smallest absolute Gasteiger partial charge is 0.323 e. The Labute approximate surface area is 190 Å². The highest BCUT2D eigenvalue weighted by atomic mass is 19.1. The number of pyridine rings is 1. The molecule has 168 valence electrons. The van der Waals surface area contributed by atoms with E-state index in [9.17, 15) is 19.1 Å². The standard InChI is InChI=1S/C27H25FN2O3/c1-16-26(21-14-20(28)11-13-24(21)30(16)15-25(31)32)18-6-8-19(9-7-18)27(33)23-12-10-17-4-2-3-5-22(17)29-23/h2-5,10-14,18-19H,6-9,15H2,1H3,(H,31,32). The van der Waals surface area contributed by atoms with E-state index in [0.717, 1.165) is 58.7 Å². The second kappa shape index (κ2) is 8.43. The van der Waals surface area contributed by atoms with Gasteiger partial charge < -0.3 is 9.67 Å². The number of ketones is 1. The second-order valence-electron chi connectivity index (χ2n) is 8.94. The van der Waals surface area contributed by atoms with Crippen molar-refractivity contribution < 1.29 is 19.1 Å². The van der Waals surface area contributed by atoms with Crippen LogP contribution < -0.4 is 0 Å². The average molecular weight is 445 g/mol. The highest BCUT2D eigenvalue weighted by molar-refractivity contribution is 5.98. The number of Topliss-reactive ketones (excluding diaryl/α,β-unsaturated/α-hetero) is 1. The molecule has 1 aliphatic carbocycles. The van der Waals surface area contributed by atoms with E-state index in [0.29, 0.717) is 5.69 Å². The fourth-order valence-electron chi connectivity index (χ4n) is 5.39. The number of carboxylic acid groups (broad SMARTS) is 1. The lowest BCUT2D eigenvalue weighted by atomic mass is 9.76. The lowest BCUT2D eigenvalue weighted by Crippen LogP contribution is -2.22. The van der Waals surface area contributed by atoms with Gasteiger partial charge in [0.15, 0.2) is 5.78 Å². The van der Waals surface area contributed by atoms with E-state index in [1.54, 1.807) is 10.6 Å². The van der Waals surface area contributed by atoms with Crippen LogP contribution >= 0.6 is 0 Å². The van der Waals surface area contributed by atoms with Gasteiger partial charge in [0.05, 0.1) is 5.52 Å². The first-order valence-electron chi connectivity index (χ1n) is 11.3. The molecule has 4 aromatic rings. The molecular formula is C27H25FN2O3. The second-order valence-corrected chi connectivity index (χ2v) is 8.94. The molecule has 0 atom stereocenters. The van der Waals surface area contributed by atoms with Gasteiger partial charge in [-0.05, 0) is 74.4 Å². The van der Waals surface area contributed by atoms with Crippen LogP contribution in [-0.2, 0) is 11.3 Å². The summed E-state index contributed by atoms with van der Waals surface area (Å²) in [5, 5.41) is 11.1. The van der Waals surface area contributed by atoms with Crippen LogP contribution in [0.2, 0.25) is 0 Å². The van der Waals surface area contributed by atoms with Crippen molar-refractivity contribution >= 4 is 33.6 Å². The van der Waals surface area contributed by atoms with E-state index < -0.39 is 5.97 Å². The van der Waals surface area contributed by atoms with Gasteiger partial charge in [-0.15, -0.1) is 0 Å². The third-order valence-electron chi connectivity index (χ3n) is 6.98. The molecule has 5 rings (SSSR count). The Morgan fingerprint density at radius 1 is 1.06 bits per heavy atom. The largest absolute Gasteiger partial charge is 0.480 e. The summed E-state index contributed by atoms with van der Waals surface area (Å²) in [6, 6.07) is 16.0. The maximum atomic E-state index is 14.1. The van der Waals surface area contributed by atoms with Crippen molar-refractivity contribution in [2.45, 2.75) is 45.1 Å². The zero-order chi connectivity index (χ0) is 23.1. The molecule has 0 spiro atoms. The highest BCUT2D eigenvalue weighted by Gasteiger charge is 2.31. The number of hydrogen-bond acceptors (Lipinski definition) is 3. The minimum absolute atomic E-state index is 0.0790. The number of aromatic nitrogens is 2. The molecule has 0 aliphatic heterocycles. The Kier molecular flexibility index (Phi) is 5.44. The molecule has 1 aliphatic rings. The van der Waals surface area contributed by atoms with Gasteiger partial charge in [-0.25, -0.2) is 9.37 Å². The lowest BCUT2D eigenvalue weighted by Gasteiger charge is -2.28. The predicted octanol–water partition coefficient (Wildman–Crippen LogP) is 5.88. The van der Waals surface area contributed by atoms with E-state index in [1.165, 1.54) is 12.1 Å². The number of carbonyl (C=O) groups excluding carboxylic acids is 1. The van der Waals surface area contributed by atoms with Gasteiger partial charge in [0.25, 0.3) is 0 Å². The summed E-state index contributed by atoms with van der Waals surface area (Å²) in [6.45, 7) is 1.75. The van der Waals surface area contributed by atoms with Crippen molar-refractivity contribution in [2.75, 3.05) is 0 Å². The topological polar surface area (TPSA) is 72.2 Å². The number of fused-ring (bicyclic) bond motifs is 2. The number of aliphatic carboxylic acids is 1. The molecule has 0 saturated heterocycles. The van der Waals surface area contributed by atoms with E-state index >= 15 is 0 Å². The van der Waals surface area contributed by atoms with Crippen LogP contribution in [0.1, 0.15) is 53.3 Å². The van der Waals surface area contributed by atoms with Crippen molar-refractivity contribution in [1.82, 2.24) is 9.55 Å². The Morgan fingerprint density at radius 2 is 1.82 bits per heavy atom. The van der Waals surface area contributed by atoms with Crippen LogP contribution in [0.5, 0.6) is 0 Å². The molecule has 2 aromatic heterocycles. The van der Waals surface area contributed by atoms with Gasteiger partial charge in [0, 0.05) is 27.9 Å². The zero-order valence-corrected chi connectivity index (χ0v) is 18.4. The fourth-order valence-corrected chi connectivity index (χ4v) is 5.39. The molecular weight excluding hydrogens is 419 g/mol. The van der Waals surface area contributed by atoms with Gasteiger partial charge in [0.1, 0.15) is 18.1 Å². The zero-order valence-electron chi connectivity index (χ0n) is 18.4. The summed E-state index contributed by atoms with van der Waals surface area (Å²) in [4.78, 5) is 29.1. The molecule has 1 fully saturated rings. The SMILES string of the molecule is Cc1c(C2CCC(C(=O)c3ccc4ccccc4n3)CC2)c2cc(F)ccc2n1CC(=O)O. The minimum Gasteiger partial charge on any atom is -0.480 e. The van der Waals surface area contributed by atoms with Crippen LogP contribution in [0.3, 0.4) is 0 Å². The monoisotopic (exact) mass is 444 g/mol. The molecule has 0 radical (unpaired) electrons. The first-order valence-corrected chi connectivity index (χ1v) is 11.3. The van der Waals surface area contributed by atoms with Crippen LogP contribution in [0.25, 0.3) is 21.8 Å². The molecule has 0 unspecified atom stereocenters. The average Bonchev–Trinajstić information content (AvgIpc) is 3.08. The summed E-state index contributed by atoms with van der Waals surface area (Å²) in [5.41, 5.74) is 3.95. The number of halogens is 1. The van der Waals surface area contributed by atoms with Crippen molar-refractivity contribution in [2.24, 2.45) is 5.92 Å². The van der Waals surface area contributed by atoms with Crippen molar-refractivity contribution in [3.8, 4) is 0 Å². The number of nitrogens with zero attached hydrogens (tertiary/aromatic N) is 2. The summed E-state index contributed by atoms with van der Waals surface area (Å²) in [5.74, 6) is -1.10. The summed E-state index contributed by atoms with van der Waals surface area (Å²) < 4.78 is 15.8. The van der Waals surface area contributed by atoms with Gasteiger partial charge in [-0.1, -0.05) is 24.3 Å². The third-order valence-corrected chi connectivity index (χ3v) is 6.98. The molecule has 0 amide bonds. The van der Waals surface area contributed by atoms with Gasteiger partial charge in [0.2, 0.25) is 0 Å². The molecule has 1 saturated carbocycles. The summed E-state index contributed by atoms with van der Waals surface area (Å²) in [6.07, 6.45) is 3.07. The Morgan fingerprint density at radius 3 is 2.58 bits per heavy atom. The summed E-state index contributed by atoms with van der Waals surface area (Å²) in [7, 11) is 0. The van der Waals surface area contributed by atoms with Crippen molar-refractivity contribution in [3.05, 3.63) is 77.4 Å². The number of carbonyl (C=O) groups is 2. The Hall–Kier alpha value is -3.54. The number of benzene rings is 2. The Bertz CT molecular complexity index is 1380. The first kappa shape index (κ1) is 21.3. The molecule has 33 heavy (non-hydrogen) atoms. The van der Waals surface area contributed by atoms with Gasteiger partial charge in [-0.2, -0.15) is 0 Å². The van der Waals surface area contributed by atoms with E-state index in [-0.39, 0.29) is 30.0 Å². The first-order chi connectivity index (χ1) is 15.9. The fraction of sp³-hybridized carbons (Fsp3) is 0.296. The van der Waals surface area contributed by atoms with Crippen molar-refractivity contribution in [3.63, 3.8) is 0 Å². The molecule has 2 heterocycles. The maximum Gasteiger partial charge on any atom is 0.323 e. The third kappa shape index (κ3) is 3.90. The highest BCUT2D eigenvalue weighted by Crippen LogP contribution is 2.42. The maximum absolute atomic E-state index is 14.1. The van der Waals surface area contributed by atoms with Gasteiger partial charge >= 0.3 is 5.97 Å². The number of para-hydroxylation sites is 1. The Balaban J connectivity index is 1.39. The number of rotatable bonds is 5. The number of hydrogen-bond donors (Lipinski definition) is 1. The van der Waals surface area contributed by atoms with Crippen molar-refractivity contribution in [1.29, 1.82) is 0 Å². The van der Waals surface area contributed by atoms with Crippen LogP contribution in [0.4, 0.5) is 4.39 Å². The van der Waals surface area contributed by atoms with Crippen LogP contribution in [0, 0.1) is 18.7 Å². The van der Waals surface area contributed by atoms with Crippen LogP contribution in [0.15, 0.2) is 54.6 Å². The molecule has 6 heteroatoms. The van der Waals surface area contributed by atoms with E-state index in [2.05, 4.69) is 4.98 Å². The predicted molar refractivity (Wildman–Crippen MR) is 125 cm³/mol. The van der Waals surface area contributed by atoms with E-state index in [1.807, 2.05) is 43.3 Å². The lowest BCUT2D eigenvalue weighted by molar-refractivity contribution is -0.137. The molecule has 2 aromatic carbocycles. The summed E-state index contributed by atoms with van der Waals surface area (Å²) >= 11 is 0. The number of carboxylic acids is 1. The molecule has 5 nitrogen and oxygen atoms in total. The molecule has 0 bridgehead atoms. The quantitative estimate of drug-likeness (QED) is 0.390.